The molecule has 3 N–H and O–H groups in total. The van der Waals surface area contributed by atoms with Crippen molar-refractivity contribution in [2.75, 3.05) is 48.2 Å². The number of likely N-dealkylation sites (N-methyl/N-ethyl adjacent to an activating group) is 1. The van der Waals surface area contributed by atoms with Gasteiger partial charge in [0.25, 0.3) is 5.91 Å². The fourth-order valence-electron chi connectivity index (χ4n) is 8.04. The van der Waals surface area contributed by atoms with Crippen molar-refractivity contribution in [2.45, 2.75) is 58.0 Å². The number of nitrogens with zero attached hydrogens (tertiary/aromatic N) is 3. The first kappa shape index (κ1) is 39.9. The number of rotatable bonds is 14. The molecule has 0 radical (unpaired) electrons. The van der Waals surface area contributed by atoms with Crippen molar-refractivity contribution < 1.29 is 33.3 Å². The molecule has 13 nitrogen and oxygen atoms in total. The summed E-state index contributed by atoms with van der Waals surface area (Å²) in [7, 11) is 4.86. The van der Waals surface area contributed by atoms with E-state index in [4.69, 9.17) is 23.9 Å². The zero-order valence-corrected chi connectivity index (χ0v) is 34.3. The number of hydrogen-bond acceptors (Lipinski definition) is 10. The molecule has 0 saturated heterocycles. The predicted octanol–water partition coefficient (Wildman–Crippen LogP) is 7.00. The maximum Gasteiger partial charge on any atom is 0.260 e. The Morgan fingerprint density at radius 2 is 1.52 bits per heavy atom. The van der Waals surface area contributed by atoms with Crippen molar-refractivity contribution >= 4 is 52.9 Å². The van der Waals surface area contributed by atoms with E-state index < -0.39 is 6.04 Å². The third-order valence-corrected chi connectivity index (χ3v) is 11.3. The number of aryl methyl sites for hydroxylation is 1. The summed E-state index contributed by atoms with van der Waals surface area (Å²) in [5.74, 6) is 1.62. The molecule has 5 aromatic carbocycles. The molecule has 13 heteroatoms. The average molecular weight is 809 g/mol. The third-order valence-electron chi connectivity index (χ3n) is 11.3. The van der Waals surface area contributed by atoms with Gasteiger partial charge in [0.05, 0.1) is 49.3 Å². The smallest absolute Gasteiger partial charge is 0.260 e. The number of benzene rings is 5. The summed E-state index contributed by atoms with van der Waals surface area (Å²) in [4.78, 5) is 47.4. The van der Waals surface area contributed by atoms with E-state index in [1.165, 1.54) is 0 Å². The number of amides is 3. The molecule has 3 aliphatic rings. The predicted molar refractivity (Wildman–Crippen MR) is 233 cm³/mol. The molecule has 0 aliphatic carbocycles. The zero-order chi connectivity index (χ0) is 41.9. The normalized spacial score (nSPS) is 16.9. The van der Waals surface area contributed by atoms with Crippen LogP contribution in [0.25, 0.3) is 0 Å². The number of ether oxygens (including phenoxy) is 4. The fraction of sp³-hybridized carbons (Fsp3) is 0.277. The second-order valence-corrected chi connectivity index (χ2v) is 15.2. The van der Waals surface area contributed by atoms with E-state index in [2.05, 4.69) is 22.0 Å². The first-order chi connectivity index (χ1) is 29.2. The van der Waals surface area contributed by atoms with Gasteiger partial charge in [0.2, 0.25) is 12.3 Å². The van der Waals surface area contributed by atoms with Crippen LogP contribution in [0.1, 0.15) is 45.1 Å². The van der Waals surface area contributed by atoms with Gasteiger partial charge in [-0.2, -0.15) is 0 Å². The van der Waals surface area contributed by atoms with Crippen LogP contribution in [0.3, 0.4) is 0 Å². The molecule has 60 heavy (non-hydrogen) atoms. The van der Waals surface area contributed by atoms with Crippen LogP contribution in [0.5, 0.6) is 23.0 Å². The summed E-state index contributed by atoms with van der Waals surface area (Å²) < 4.78 is 24.3. The van der Waals surface area contributed by atoms with Crippen molar-refractivity contribution in [3.63, 3.8) is 0 Å². The van der Waals surface area contributed by atoms with Crippen LogP contribution in [-0.2, 0) is 35.6 Å². The van der Waals surface area contributed by atoms with Gasteiger partial charge in [-0.05, 0) is 97.6 Å². The average Bonchev–Trinajstić information content (AvgIpc) is 3.79. The molecule has 3 heterocycles. The zero-order valence-electron chi connectivity index (χ0n) is 34.3. The Hall–Kier alpha value is -6.86. The Morgan fingerprint density at radius 3 is 2.20 bits per heavy atom. The van der Waals surface area contributed by atoms with Gasteiger partial charge in [-0.3, -0.25) is 19.4 Å². The quantitative estimate of drug-likeness (QED) is 0.0799. The minimum Gasteiger partial charge on any atom is -0.493 e. The molecule has 2 unspecified atom stereocenters. The second-order valence-electron chi connectivity index (χ2n) is 15.2. The molecule has 0 spiro atoms. The lowest BCUT2D eigenvalue weighted by Crippen LogP contribution is -2.39. The van der Waals surface area contributed by atoms with Crippen LogP contribution in [-0.4, -0.2) is 70.4 Å². The Kier molecular flexibility index (Phi) is 11.4. The fourth-order valence-corrected chi connectivity index (χ4v) is 8.04. The molecule has 3 atom stereocenters. The highest BCUT2D eigenvalue weighted by Crippen LogP contribution is 2.41. The highest BCUT2D eigenvalue weighted by Gasteiger charge is 2.38. The molecule has 3 amide bonds. The van der Waals surface area contributed by atoms with E-state index in [9.17, 15) is 14.4 Å². The van der Waals surface area contributed by atoms with Crippen LogP contribution in [0, 0.1) is 6.92 Å². The van der Waals surface area contributed by atoms with Crippen LogP contribution in [0.15, 0.2) is 96.0 Å². The maximum absolute atomic E-state index is 14.0. The number of aliphatic imine (C=N–C) groups is 1. The van der Waals surface area contributed by atoms with E-state index in [0.717, 1.165) is 52.0 Å². The lowest BCUT2D eigenvalue weighted by atomic mass is 10.1. The highest BCUT2D eigenvalue weighted by molar-refractivity contribution is 6.12. The molecule has 0 aromatic heterocycles. The summed E-state index contributed by atoms with van der Waals surface area (Å²) in [6.45, 7) is 4.57. The van der Waals surface area contributed by atoms with E-state index in [1.807, 2.05) is 90.7 Å². The highest BCUT2D eigenvalue weighted by atomic mass is 16.5. The topological polar surface area (TPSA) is 143 Å². The summed E-state index contributed by atoms with van der Waals surface area (Å²) in [5, 5.41) is 9.47. The van der Waals surface area contributed by atoms with Gasteiger partial charge in [0.1, 0.15) is 13.2 Å². The van der Waals surface area contributed by atoms with Gasteiger partial charge in [0.15, 0.2) is 23.0 Å². The van der Waals surface area contributed by atoms with Crippen LogP contribution in [0.2, 0.25) is 0 Å². The molecule has 0 fully saturated rings. The van der Waals surface area contributed by atoms with Crippen molar-refractivity contribution in [3.8, 4) is 23.0 Å². The molecular formula is C47H48N6O7. The largest absolute Gasteiger partial charge is 0.493 e. The van der Waals surface area contributed by atoms with E-state index >= 15 is 0 Å². The first-order valence-corrected chi connectivity index (χ1v) is 20.0. The number of fused-ring (bicyclic) bond motifs is 5. The summed E-state index contributed by atoms with van der Waals surface area (Å²) in [5.41, 5.74) is 8.92. The van der Waals surface area contributed by atoms with Crippen LogP contribution in [0.4, 0.5) is 28.4 Å². The van der Waals surface area contributed by atoms with Crippen molar-refractivity contribution in [3.05, 3.63) is 124 Å². The Morgan fingerprint density at radius 1 is 0.867 bits per heavy atom. The Balaban J connectivity index is 1.03. The van der Waals surface area contributed by atoms with Gasteiger partial charge in [-0.25, -0.2) is 0 Å². The molecule has 0 bridgehead atoms. The lowest BCUT2D eigenvalue weighted by molar-refractivity contribution is -0.117. The minimum absolute atomic E-state index is 0.00847. The van der Waals surface area contributed by atoms with Gasteiger partial charge in [0, 0.05) is 48.4 Å². The molecule has 0 saturated carbocycles. The van der Waals surface area contributed by atoms with Gasteiger partial charge >= 0.3 is 0 Å². The van der Waals surface area contributed by atoms with E-state index in [-0.39, 0.29) is 37.1 Å². The number of carbonyl (C=O) groups excluding carboxylic acids is 3. The Labute approximate surface area is 349 Å². The lowest BCUT2D eigenvalue weighted by Gasteiger charge is -2.22. The van der Waals surface area contributed by atoms with Gasteiger partial charge < -0.3 is 44.7 Å². The molecule has 3 aliphatic heterocycles. The number of para-hydroxylation sites is 2. The van der Waals surface area contributed by atoms with Crippen LogP contribution < -0.4 is 44.7 Å². The van der Waals surface area contributed by atoms with Crippen molar-refractivity contribution in [1.82, 2.24) is 5.32 Å². The van der Waals surface area contributed by atoms with E-state index in [0.29, 0.717) is 58.6 Å². The number of hydrogen-bond donors (Lipinski definition) is 3. The maximum atomic E-state index is 14.0. The van der Waals surface area contributed by atoms with Crippen molar-refractivity contribution in [2.24, 2.45) is 4.99 Å². The SMILES string of the molecule is CNC(C)C(=O)Nc1cc(COc2cc(/N=C\[C@@H]3Cc4ccccc4N3C=O)c(C)cc2OC)cc(COc2cc3c(cc2OC)C(=O)N2c4ccccc4CC2CN3)c1. The van der Waals surface area contributed by atoms with Crippen LogP contribution >= 0.6 is 0 Å². The van der Waals surface area contributed by atoms with E-state index in [1.54, 1.807) is 45.4 Å². The van der Waals surface area contributed by atoms with Gasteiger partial charge in [-0.1, -0.05) is 36.4 Å². The third kappa shape index (κ3) is 7.95. The summed E-state index contributed by atoms with van der Waals surface area (Å²) >= 11 is 0. The number of carbonyl (C=O) groups is 3. The number of methoxy groups -OCH3 is 2. The molecular weight excluding hydrogens is 761 g/mol. The molecule has 308 valence electrons. The number of anilines is 4. The molecule has 8 rings (SSSR count). The Bertz CT molecular complexity index is 2490. The number of nitrogens with one attached hydrogen (secondary N) is 3. The molecule has 5 aromatic rings. The van der Waals surface area contributed by atoms with Gasteiger partial charge in [-0.15, -0.1) is 0 Å². The summed E-state index contributed by atoms with van der Waals surface area (Å²) in [6, 6.07) is 28.1. The second kappa shape index (κ2) is 17.2. The standard InChI is InChI=1S/C47H48N6O7/c1-28-14-42(57-4)44(21-38(28)49-23-35-18-32-10-6-8-12-40(32)52(35)27-54)59-25-30-15-31(17-34(16-30)51-46(55)29(2)48-3)26-60-45-22-39-37(20-43(45)58-5)47(56)53-36(24-50-39)19-33-11-7-9-13-41(33)53/h6-17,20-23,27,29,35-36,48,50H,18-19,24-26H2,1-5H3,(H,51,55)/b49-23-/t29?,35-,36?/m0/s1. The monoisotopic (exact) mass is 808 g/mol. The first-order valence-electron chi connectivity index (χ1n) is 20.0. The summed E-state index contributed by atoms with van der Waals surface area (Å²) in [6.07, 6.45) is 4.09. The minimum atomic E-state index is -0.430. The van der Waals surface area contributed by atoms with Crippen molar-refractivity contribution in [1.29, 1.82) is 0 Å².